The first-order valence-electron chi connectivity index (χ1n) is 11.1. The van der Waals surface area contributed by atoms with Gasteiger partial charge in [0.15, 0.2) is 6.61 Å². The molecular weight excluding hydrogens is 480 g/mol. The molecule has 3 aromatic rings. The summed E-state index contributed by atoms with van der Waals surface area (Å²) in [4.78, 5) is 24.4. The van der Waals surface area contributed by atoms with Gasteiger partial charge < -0.3 is 10.1 Å². The number of benzene rings is 3. The SMILES string of the molecule is Cc1cccc(N(CC(=O)N/N=C\c2ccc(OCC(=O)Nc3ccccc3)cc2)S(C)(=O)=O)c1C. The summed E-state index contributed by atoms with van der Waals surface area (Å²) < 4.78 is 31.2. The fourth-order valence-electron chi connectivity index (χ4n) is 3.25. The van der Waals surface area contributed by atoms with Gasteiger partial charge in [0.25, 0.3) is 11.8 Å². The van der Waals surface area contributed by atoms with Crippen LogP contribution in [0, 0.1) is 13.8 Å². The van der Waals surface area contributed by atoms with Gasteiger partial charge in [0.1, 0.15) is 12.3 Å². The zero-order valence-corrected chi connectivity index (χ0v) is 21.1. The highest BCUT2D eigenvalue weighted by molar-refractivity contribution is 7.92. The van der Waals surface area contributed by atoms with E-state index in [4.69, 9.17) is 4.74 Å². The van der Waals surface area contributed by atoms with Crippen molar-refractivity contribution in [1.29, 1.82) is 0 Å². The van der Waals surface area contributed by atoms with E-state index in [1.165, 1.54) is 6.21 Å². The Morgan fingerprint density at radius 1 is 0.944 bits per heavy atom. The van der Waals surface area contributed by atoms with Gasteiger partial charge in [-0.3, -0.25) is 13.9 Å². The number of nitrogens with one attached hydrogen (secondary N) is 2. The van der Waals surface area contributed by atoms with Gasteiger partial charge in [-0.25, -0.2) is 13.8 Å². The Hall–Kier alpha value is -4.18. The van der Waals surface area contributed by atoms with Crippen molar-refractivity contribution in [1.82, 2.24) is 5.43 Å². The Balaban J connectivity index is 1.52. The van der Waals surface area contributed by atoms with Crippen LogP contribution >= 0.6 is 0 Å². The molecule has 188 valence electrons. The summed E-state index contributed by atoms with van der Waals surface area (Å²) in [6.07, 6.45) is 2.48. The second kappa shape index (κ2) is 12.0. The quantitative estimate of drug-likeness (QED) is 0.322. The van der Waals surface area contributed by atoms with Gasteiger partial charge in [-0.1, -0.05) is 30.3 Å². The first-order valence-corrected chi connectivity index (χ1v) is 12.9. The summed E-state index contributed by atoms with van der Waals surface area (Å²) in [6.45, 7) is 3.13. The Morgan fingerprint density at radius 2 is 1.64 bits per heavy atom. The Morgan fingerprint density at radius 3 is 2.31 bits per heavy atom. The number of carbonyl (C=O) groups excluding carboxylic acids is 2. The lowest BCUT2D eigenvalue weighted by Crippen LogP contribution is -2.39. The van der Waals surface area contributed by atoms with Gasteiger partial charge in [0, 0.05) is 5.69 Å². The van der Waals surface area contributed by atoms with E-state index in [1.807, 2.05) is 38.1 Å². The summed E-state index contributed by atoms with van der Waals surface area (Å²) in [6, 6.07) is 21.1. The zero-order chi connectivity index (χ0) is 26.1. The number of hydrogen-bond acceptors (Lipinski definition) is 6. The van der Waals surface area contributed by atoms with Crippen LogP contribution in [0.25, 0.3) is 0 Å². The summed E-state index contributed by atoms with van der Waals surface area (Å²) in [5.74, 6) is -0.364. The number of sulfonamides is 1. The molecule has 0 saturated heterocycles. The maximum absolute atomic E-state index is 12.4. The lowest BCUT2D eigenvalue weighted by atomic mass is 10.1. The molecule has 36 heavy (non-hydrogen) atoms. The molecule has 0 heterocycles. The van der Waals surface area contributed by atoms with Crippen LogP contribution in [-0.4, -0.2) is 45.9 Å². The smallest absolute Gasteiger partial charge is 0.262 e. The van der Waals surface area contributed by atoms with Gasteiger partial charge in [-0.15, -0.1) is 0 Å². The van der Waals surface area contributed by atoms with Crippen LogP contribution in [0.1, 0.15) is 16.7 Å². The third kappa shape index (κ3) is 7.67. The summed E-state index contributed by atoms with van der Waals surface area (Å²) >= 11 is 0. The summed E-state index contributed by atoms with van der Waals surface area (Å²) in [5.41, 5.74) is 5.86. The van der Waals surface area contributed by atoms with E-state index in [9.17, 15) is 18.0 Å². The first kappa shape index (κ1) is 26.4. The van der Waals surface area contributed by atoms with Crippen molar-refractivity contribution < 1.29 is 22.7 Å². The van der Waals surface area contributed by atoms with E-state index in [0.29, 0.717) is 22.7 Å². The number of hydrogen-bond donors (Lipinski definition) is 2. The van der Waals surface area contributed by atoms with E-state index < -0.39 is 22.5 Å². The van der Waals surface area contributed by atoms with Crippen molar-refractivity contribution in [2.24, 2.45) is 5.10 Å². The molecule has 0 bridgehead atoms. The second-order valence-corrected chi connectivity index (χ2v) is 9.96. The molecule has 0 aliphatic heterocycles. The monoisotopic (exact) mass is 508 g/mol. The van der Waals surface area contributed by atoms with Gasteiger partial charge in [-0.05, 0) is 73.0 Å². The highest BCUT2D eigenvalue weighted by Crippen LogP contribution is 2.24. The van der Waals surface area contributed by atoms with Crippen molar-refractivity contribution in [2.45, 2.75) is 13.8 Å². The molecule has 0 unspecified atom stereocenters. The molecule has 0 fully saturated rings. The number of para-hydroxylation sites is 1. The van der Waals surface area contributed by atoms with Crippen molar-refractivity contribution in [3.8, 4) is 5.75 Å². The average Bonchev–Trinajstić information content (AvgIpc) is 2.84. The minimum atomic E-state index is -3.69. The van der Waals surface area contributed by atoms with Crippen LogP contribution < -0.4 is 19.8 Å². The van der Waals surface area contributed by atoms with E-state index in [1.54, 1.807) is 48.5 Å². The molecular formula is C26H28N4O5S. The lowest BCUT2D eigenvalue weighted by Gasteiger charge is -2.23. The number of nitrogens with zero attached hydrogens (tertiary/aromatic N) is 2. The molecule has 0 atom stereocenters. The van der Waals surface area contributed by atoms with Gasteiger partial charge >= 0.3 is 0 Å². The Labute approximate surface area is 210 Å². The minimum Gasteiger partial charge on any atom is -0.484 e. The van der Waals surface area contributed by atoms with Gasteiger partial charge in [-0.2, -0.15) is 5.10 Å². The standard InChI is InChI=1S/C26H28N4O5S/c1-19-8-7-11-24(20(19)2)30(36(3,33)34)17-25(31)29-27-16-21-12-14-23(15-13-21)35-18-26(32)28-22-9-5-4-6-10-22/h4-16H,17-18H2,1-3H3,(H,28,32)(H,29,31)/b27-16-. The van der Waals surface area contributed by atoms with Crippen LogP contribution in [0.3, 0.4) is 0 Å². The molecule has 10 heteroatoms. The van der Waals surface area contributed by atoms with Crippen LogP contribution in [-0.2, 0) is 19.6 Å². The molecule has 0 aliphatic rings. The topological polar surface area (TPSA) is 117 Å². The Bertz CT molecular complexity index is 1340. The van der Waals surface area contributed by atoms with E-state index in [0.717, 1.165) is 21.7 Å². The fourth-order valence-corrected chi connectivity index (χ4v) is 4.16. The lowest BCUT2D eigenvalue weighted by molar-refractivity contribution is -0.119. The number of anilines is 2. The van der Waals surface area contributed by atoms with Crippen LogP contribution in [0.2, 0.25) is 0 Å². The number of hydrazone groups is 1. The highest BCUT2D eigenvalue weighted by Gasteiger charge is 2.22. The summed E-state index contributed by atoms with van der Waals surface area (Å²) in [7, 11) is -3.69. The van der Waals surface area contributed by atoms with Crippen molar-refractivity contribution in [3.05, 3.63) is 89.5 Å². The Kier molecular flexibility index (Phi) is 8.80. The molecule has 9 nitrogen and oxygen atoms in total. The molecule has 0 spiro atoms. The van der Waals surface area contributed by atoms with Gasteiger partial charge in [0.05, 0.1) is 18.2 Å². The second-order valence-electron chi connectivity index (χ2n) is 8.05. The molecule has 2 amide bonds. The zero-order valence-electron chi connectivity index (χ0n) is 20.3. The van der Waals surface area contributed by atoms with Crippen molar-refractivity contribution >= 4 is 39.4 Å². The predicted octanol–water partition coefficient (Wildman–Crippen LogP) is 3.24. The van der Waals surface area contributed by atoms with Gasteiger partial charge in [0.2, 0.25) is 10.0 Å². The maximum atomic E-state index is 12.4. The third-order valence-electron chi connectivity index (χ3n) is 5.24. The molecule has 0 aliphatic carbocycles. The number of ether oxygens (including phenoxy) is 1. The molecule has 0 saturated carbocycles. The largest absolute Gasteiger partial charge is 0.484 e. The number of aryl methyl sites for hydroxylation is 1. The van der Waals surface area contributed by atoms with Crippen LogP contribution in [0.5, 0.6) is 5.75 Å². The number of rotatable bonds is 10. The summed E-state index contributed by atoms with van der Waals surface area (Å²) in [5, 5.41) is 6.64. The molecule has 0 aromatic heterocycles. The third-order valence-corrected chi connectivity index (χ3v) is 6.37. The minimum absolute atomic E-state index is 0.143. The first-order chi connectivity index (χ1) is 17.1. The van der Waals surface area contributed by atoms with E-state index in [-0.39, 0.29) is 12.5 Å². The number of amides is 2. The normalized spacial score (nSPS) is 11.2. The highest BCUT2D eigenvalue weighted by atomic mass is 32.2. The molecule has 2 N–H and O–H groups in total. The predicted molar refractivity (Wildman–Crippen MR) is 141 cm³/mol. The van der Waals surface area contributed by atoms with Crippen LogP contribution in [0.15, 0.2) is 77.9 Å². The van der Waals surface area contributed by atoms with E-state index in [2.05, 4.69) is 15.8 Å². The molecule has 3 aromatic carbocycles. The fraction of sp³-hybridized carbons (Fsp3) is 0.192. The molecule has 0 radical (unpaired) electrons. The van der Waals surface area contributed by atoms with Crippen molar-refractivity contribution in [2.75, 3.05) is 29.0 Å². The molecule has 3 rings (SSSR count). The van der Waals surface area contributed by atoms with Crippen molar-refractivity contribution in [3.63, 3.8) is 0 Å². The van der Waals surface area contributed by atoms with E-state index >= 15 is 0 Å². The van der Waals surface area contributed by atoms with Crippen LogP contribution in [0.4, 0.5) is 11.4 Å². The number of carbonyl (C=O) groups is 2. The average molecular weight is 509 g/mol. The maximum Gasteiger partial charge on any atom is 0.262 e.